The van der Waals surface area contributed by atoms with Gasteiger partial charge in [-0.15, -0.1) is 0 Å². The fourth-order valence-corrected chi connectivity index (χ4v) is 2.95. The number of nitrogens with zero attached hydrogens (tertiary/aromatic N) is 1. The standard InChI is InChI=1S/C18H21N/c1-12-10-15-14-8-6-7-9-16(14)19(18(3,4)5)17(15)11-13(12)2/h6-11H,1-5H3. The van der Waals surface area contributed by atoms with Crippen molar-refractivity contribution in [1.82, 2.24) is 4.57 Å². The molecule has 0 radical (unpaired) electrons. The highest BCUT2D eigenvalue weighted by Crippen LogP contribution is 2.35. The number of rotatable bonds is 0. The van der Waals surface area contributed by atoms with Crippen LogP contribution in [0.25, 0.3) is 21.8 Å². The van der Waals surface area contributed by atoms with Gasteiger partial charge >= 0.3 is 0 Å². The van der Waals surface area contributed by atoms with E-state index in [0.717, 1.165) is 0 Å². The Hall–Kier alpha value is -1.76. The summed E-state index contributed by atoms with van der Waals surface area (Å²) in [6.07, 6.45) is 0. The van der Waals surface area contributed by atoms with E-state index in [9.17, 15) is 0 Å². The molecule has 98 valence electrons. The molecule has 0 saturated heterocycles. The van der Waals surface area contributed by atoms with Crippen molar-refractivity contribution in [2.45, 2.75) is 40.2 Å². The molecule has 1 aromatic heterocycles. The first-order valence-electron chi connectivity index (χ1n) is 6.90. The number of hydrogen-bond donors (Lipinski definition) is 0. The van der Waals surface area contributed by atoms with E-state index in [1.807, 2.05) is 0 Å². The maximum Gasteiger partial charge on any atom is 0.0499 e. The molecule has 0 spiro atoms. The van der Waals surface area contributed by atoms with Crippen LogP contribution in [0.2, 0.25) is 0 Å². The second kappa shape index (κ2) is 3.86. The van der Waals surface area contributed by atoms with Gasteiger partial charge in [-0.1, -0.05) is 18.2 Å². The van der Waals surface area contributed by atoms with E-state index in [2.05, 4.69) is 75.6 Å². The van der Waals surface area contributed by atoms with Crippen molar-refractivity contribution in [3.63, 3.8) is 0 Å². The van der Waals surface area contributed by atoms with Crippen LogP contribution in [0.5, 0.6) is 0 Å². The topological polar surface area (TPSA) is 4.93 Å². The van der Waals surface area contributed by atoms with Gasteiger partial charge in [0.25, 0.3) is 0 Å². The fraction of sp³-hybridized carbons (Fsp3) is 0.333. The van der Waals surface area contributed by atoms with Crippen molar-refractivity contribution in [3.8, 4) is 0 Å². The predicted molar refractivity (Wildman–Crippen MR) is 83.9 cm³/mol. The van der Waals surface area contributed by atoms with Crippen LogP contribution >= 0.6 is 0 Å². The molecule has 19 heavy (non-hydrogen) atoms. The van der Waals surface area contributed by atoms with Crippen molar-refractivity contribution in [2.75, 3.05) is 0 Å². The number of hydrogen-bond acceptors (Lipinski definition) is 0. The third-order valence-corrected chi connectivity index (χ3v) is 3.96. The predicted octanol–water partition coefficient (Wildman–Crippen LogP) is 5.17. The normalized spacial score (nSPS) is 12.5. The van der Waals surface area contributed by atoms with Gasteiger partial charge in [-0.05, 0) is 63.9 Å². The first-order valence-corrected chi connectivity index (χ1v) is 6.90. The number of fused-ring (bicyclic) bond motifs is 3. The average molecular weight is 251 g/mol. The second-order valence-corrected chi connectivity index (χ2v) is 6.48. The number of benzene rings is 2. The minimum absolute atomic E-state index is 0.0864. The van der Waals surface area contributed by atoms with Crippen LogP contribution in [-0.4, -0.2) is 4.57 Å². The largest absolute Gasteiger partial charge is 0.335 e. The quantitative estimate of drug-likeness (QED) is 0.519. The van der Waals surface area contributed by atoms with Crippen molar-refractivity contribution in [1.29, 1.82) is 0 Å². The van der Waals surface area contributed by atoms with E-state index >= 15 is 0 Å². The van der Waals surface area contributed by atoms with Gasteiger partial charge in [0.15, 0.2) is 0 Å². The zero-order valence-electron chi connectivity index (χ0n) is 12.4. The lowest BCUT2D eigenvalue weighted by Gasteiger charge is -2.24. The summed E-state index contributed by atoms with van der Waals surface area (Å²) in [6, 6.07) is 13.4. The Kier molecular flexibility index (Phi) is 2.50. The van der Waals surface area contributed by atoms with Gasteiger partial charge in [0.2, 0.25) is 0 Å². The van der Waals surface area contributed by atoms with Crippen LogP contribution < -0.4 is 0 Å². The summed E-state index contributed by atoms with van der Waals surface area (Å²) in [6.45, 7) is 11.2. The van der Waals surface area contributed by atoms with Crippen LogP contribution in [0, 0.1) is 13.8 Å². The number of aryl methyl sites for hydroxylation is 2. The molecule has 0 atom stereocenters. The molecule has 0 amide bonds. The van der Waals surface area contributed by atoms with Crippen molar-refractivity contribution in [2.24, 2.45) is 0 Å². The van der Waals surface area contributed by atoms with Gasteiger partial charge in [-0.2, -0.15) is 0 Å². The third-order valence-electron chi connectivity index (χ3n) is 3.96. The molecule has 0 unspecified atom stereocenters. The zero-order valence-corrected chi connectivity index (χ0v) is 12.4. The molecule has 3 rings (SSSR count). The molecule has 2 aromatic carbocycles. The van der Waals surface area contributed by atoms with Gasteiger partial charge in [0.05, 0.1) is 0 Å². The molecule has 3 aromatic rings. The molecular weight excluding hydrogens is 230 g/mol. The van der Waals surface area contributed by atoms with E-state index in [4.69, 9.17) is 0 Å². The van der Waals surface area contributed by atoms with E-state index in [0.29, 0.717) is 0 Å². The molecule has 0 bridgehead atoms. The highest BCUT2D eigenvalue weighted by molar-refractivity contribution is 6.08. The summed E-state index contributed by atoms with van der Waals surface area (Å²) in [4.78, 5) is 0. The monoisotopic (exact) mass is 251 g/mol. The third kappa shape index (κ3) is 1.76. The first-order chi connectivity index (χ1) is 8.89. The summed E-state index contributed by atoms with van der Waals surface area (Å²) in [5.41, 5.74) is 5.49. The van der Waals surface area contributed by atoms with Gasteiger partial charge < -0.3 is 4.57 Å². The van der Waals surface area contributed by atoms with E-state index in [1.165, 1.54) is 32.9 Å². The van der Waals surface area contributed by atoms with Crippen molar-refractivity contribution < 1.29 is 0 Å². The molecule has 0 fully saturated rings. The SMILES string of the molecule is Cc1cc2c3ccccc3n(C(C)(C)C)c2cc1C. The smallest absolute Gasteiger partial charge is 0.0499 e. The molecule has 0 saturated carbocycles. The Labute approximate surface area is 114 Å². The maximum atomic E-state index is 2.46. The highest BCUT2D eigenvalue weighted by Gasteiger charge is 2.20. The van der Waals surface area contributed by atoms with E-state index in [-0.39, 0.29) is 5.54 Å². The van der Waals surface area contributed by atoms with Crippen LogP contribution in [-0.2, 0) is 5.54 Å². The Morgan fingerprint density at radius 3 is 2.11 bits per heavy atom. The molecule has 0 aliphatic heterocycles. The van der Waals surface area contributed by atoms with E-state index < -0.39 is 0 Å². The second-order valence-electron chi connectivity index (χ2n) is 6.48. The Morgan fingerprint density at radius 2 is 1.42 bits per heavy atom. The molecule has 1 nitrogen and oxygen atoms in total. The van der Waals surface area contributed by atoms with E-state index in [1.54, 1.807) is 0 Å². The lowest BCUT2D eigenvalue weighted by atomic mass is 10.0. The van der Waals surface area contributed by atoms with Gasteiger partial charge in [0, 0.05) is 27.3 Å². The van der Waals surface area contributed by atoms with Crippen molar-refractivity contribution >= 4 is 21.8 Å². The summed E-state index contributed by atoms with van der Waals surface area (Å²) in [5, 5.41) is 2.73. The van der Waals surface area contributed by atoms with Gasteiger partial charge in [-0.25, -0.2) is 0 Å². The fourth-order valence-electron chi connectivity index (χ4n) is 2.95. The number of para-hydroxylation sites is 1. The molecular formula is C18H21N. The van der Waals surface area contributed by atoms with Gasteiger partial charge in [-0.3, -0.25) is 0 Å². The van der Waals surface area contributed by atoms with Crippen LogP contribution in [0.15, 0.2) is 36.4 Å². The molecule has 0 aliphatic rings. The van der Waals surface area contributed by atoms with Crippen LogP contribution in [0.1, 0.15) is 31.9 Å². The minimum atomic E-state index is 0.0864. The van der Waals surface area contributed by atoms with Crippen molar-refractivity contribution in [3.05, 3.63) is 47.5 Å². The first kappa shape index (κ1) is 12.3. The maximum absolute atomic E-state index is 2.46. The molecule has 0 N–H and O–H groups in total. The zero-order chi connectivity index (χ0) is 13.8. The molecule has 1 heterocycles. The lowest BCUT2D eigenvalue weighted by molar-refractivity contribution is 0.423. The average Bonchev–Trinajstić information content (AvgIpc) is 2.63. The lowest BCUT2D eigenvalue weighted by Crippen LogP contribution is -2.21. The summed E-state index contributed by atoms with van der Waals surface area (Å²) in [5.74, 6) is 0. The van der Waals surface area contributed by atoms with Crippen LogP contribution in [0.4, 0.5) is 0 Å². The minimum Gasteiger partial charge on any atom is -0.335 e. The molecule has 1 heteroatoms. The summed E-state index contributed by atoms with van der Waals surface area (Å²) >= 11 is 0. The summed E-state index contributed by atoms with van der Waals surface area (Å²) in [7, 11) is 0. The Bertz CT molecular complexity index is 770. The number of aromatic nitrogens is 1. The Balaban J connectivity index is 2.60. The molecule has 0 aliphatic carbocycles. The summed E-state index contributed by atoms with van der Waals surface area (Å²) < 4.78 is 2.46. The van der Waals surface area contributed by atoms with Crippen LogP contribution in [0.3, 0.4) is 0 Å². The van der Waals surface area contributed by atoms with Gasteiger partial charge in [0.1, 0.15) is 0 Å². The highest BCUT2D eigenvalue weighted by atomic mass is 15.0. The Morgan fingerprint density at radius 1 is 0.789 bits per heavy atom.